The third kappa shape index (κ3) is 14.9. The maximum Gasteiger partial charge on any atom is 0.226 e. The Balaban J connectivity index is 1.77. The van der Waals surface area contributed by atoms with E-state index in [0.29, 0.717) is 25.4 Å². The lowest BCUT2D eigenvalue weighted by Gasteiger charge is -2.41. The van der Waals surface area contributed by atoms with Crippen LogP contribution in [0.3, 0.4) is 0 Å². The van der Waals surface area contributed by atoms with Crippen LogP contribution < -0.4 is 10.6 Å². The molecule has 1 aliphatic heterocycles. The Kier molecular flexibility index (Phi) is 22.0. The number of carbonyl (C=O) groups excluding carboxylic acids is 4. The van der Waals surface area contributed by atoms with Gasteiger partial charge in [0.1, 0.15) is 5.01 Å². The summed E-state index contributed by atoms with van der Waals surface area (Å²) < 4.78 is 12.2. The first-order valence-corrected chi connectivity index (χ1v) is 23.7. The van der Waals surface area contributed by atoms with Crippen LogP contribution in [0.4, 0.5) is 0 Å². The second kappa shape index (κ2) is 25.8. The van der Waals surface area contributed by atoms with Gasteiger partial charge in [-0.2, -0.15) is 0 Å². The second-order valence-electron chi connectivity index (χ2n) is 18.4. The molecule has 0 saturated carbocycles. The maximum atomic E-state index is 14.6. The summed E-state index contributed by atoms with van der Waals surface area (Å²) in [6.45, 7) is 20.7. The molecule has 12 nitrogen and oxygen atoms in total. The molecule has 3 amide bonds. The van der Waals surface area contributed by atoms with Crippen molar-refractivity contribution in [3.8, 4) is 0 Å². The molecule has 0 spiro atoms. The number of likely N-dealkylation sites (tertiary alicyclic amines) is 1. The van der Waals surface area contributed by atoms with Gasteiger partial charge in [0.15, 0.2) is 5.78 Å². The zero-order chi connectivity index (χ0) is 45.4. The predicted molar refractivity (Wildman–Crippen MR) is 246 cm³/mol. The van der Waals surface area contributed by atoms with Crippen molar-refractivity contribution in [2.45, 2.75) is 150 Å². The van der Waals surface area contributed by atoms with Crippen LogP contribution in [0.2, 0.25) is 0 Å². The average Bonchev–Trinajstić information content (AvgIpc) is 3.95. The summed E-state index contributed by atoms with van der Waals surface area (Å²) in [6, 6.07) is 9.15. The van der Waals surface area contributed by atoms with E-state index < -0.39 is 30.1 Å². The van der Waals surface area contributed by atoms with Crippen molar-refractivity contribution in [1.82, 2.24) is 30.3 Å². The molecule has 2 aromatic rings. The lowest BCUT2D eigenvalue weighted by atomic mass is 9.83. The van der Waals surface area contributed by atoms with Gasteiger partial charge in [-0.15, -0.1) is 11.3 Å². The van der Waals surface area contributed by atoms with Gasteiger partial charge in [-0.3, -0.25) is 24.1 Å². The van der Waals surface area contributed by atoms with Gasteiger partial charge in [0.05, 0.1) is 48.7 Å². The number of hydrogen-bond donors (Lipinski definition) is 2. The van der Waals surface area contributed by atoms with Gasteiger partial charge in [-0.05, 0) is 69.1 Å². The zero-order valence-corrected chi connectivity index (χ0v) is 40.5. The average molecular weight is 869 g/mol. The molecule has 1 fully saturated rings. The maximum absolute atomic E-state index is 14.6. The summed E-state index contributed by atoms with van der Waals surface area (Å²) in [5.41, 5.74) is 1.10. The molecule has 1 aliphatic rings. The first kappa shape index (κ1) is 52.1. The van der Waals surface area contributed by atoms with E-state index in [1.54, 1.807) is 32.4 Å². The van der Waals surface area contributed by atoms with E-state index >= 15 is 0 Å². The van der Waals surface area contributed by atoms with Gasteiger partial charge in [-0.25, -0.2) is 4.98 Å². The molecular formula is C48H80N6O6S. The molecule has 0 unspecified atom stereocenters. The summed E-state index contributed by atoms with van der Waals surface area (Å²) in [5, 5.41) is 9.45. The lowest BCUT2D eigenvalue weighted by Crippen LogP contribution is -2.54. The minimum Gasteiger partial charge on any atom is -0.379 e. The minimum absolute atomic E-state index is 0.00990. The third-order valence-corrected chi connectivity index (χ3v) is 13.7. The Morgan fingerprint density at radius 3 is 2.20 bits per heavy atom. The van der Waals surface area contributed by atoms with Crippen molar-refractivity contribution >= 4 is 34.8 Å². The van der Waals surface area contributed by atoms with Crippen LogP contribution >= 0.6 is 11.3 Å². The number of methoxy groups -OCH3 is 2. The number of nitrogens with one attached hydrogen (secondary N) is 2. The van der Waals surface area contributed by atoms with Crippen molar-refractivity contribution in [3.05, 3.63) is 52.5 Å². The van der Waals surface area contributed by atoms with Crippen LogP contribution in [0.1, 0.15) is 117 Å². The van der Waals surface area contributed by atoms with Crippen LogP contribution in [-0.2, 0) is 35.1 Å². The fourth-order valence-electron chi connectivity index (χ4n) is 9.26. The van der Waals surface area contributed by atoms with Gasteiger partial charge in [0.2, 0.25) is 17.7 Å². The number of nitrogens with zero attached hydrogens (tertiary/aromatic N) is 4. The number of ketones is 1. The van der Waals surface area contributed by atoms with Crippen LogP contribution in [0.25, 0.3) is 0 Å². The summed E-state index contributed by atoms with van der Waals surface area (Å²) in [5.74, 6) is -1.30. The standard InChI is InChI=1S/C48H80N6O6S/c1-14-34(8)44(53(11)48(58)37(31(2)3)29-40(55)43(32(4)5)52(10)25-19-23-49-33(6)7)41(59-12)30-42(56)54-26-18-22-39(54)45(60-13)35(9)46(57)51-38(47-50-24-27-61-47)28-36-20-16-15-17-21-36/h15-17,20-21,24,27,31-35,37-39,41,43-45,49H,14,18-19,22-23,25-26,28-30H2,1-13H3,(H,51,57)/t34-,35+,37-,38-,39-,41+,43-,44-,45+/m0/s1. The third-order valence-electron chi connectivity index (χ3n) is 12.8. The summed E-state index contributed by atoms with van der Waals surface area (Å²) in [7, 11) is 7.03. The molecule has 2 heterocycles. The van der Waals surface area contributed by atoms with Gasteiger partial charge in [-0.1, -0.05) is 99.1 Å². The van der Waals surface area contributed by atoms with Crippen LogP contribution in [0.15, 0.2) is 41.9 Å². The Morgan fingerprint density at radius 2 is 1.64 bits per heavy atom. The first-order valence-electron chi connectivity index (χ1n) is 22.8. The van der Waals surface area contributed by atoms with Crippen LogP contribution in [0, 0.1) is 29.6 Å². The highest BCUT2D eigenvalue weighted by Gasteiger charge is 2.43. The number of aromatic nitrogens is 1. The number of likely N-dealkylation sites (N-methyl/N-ethyl adjacent to an activating group) is 2. The Labute approximate surface area is 372 Å². The second-order valence-corrected chi connectivity index (χ2v) is 19.3. The monoisotopic (exact) mass is 869 g/mol. The van der Waals surface area contributed by atoms with E-state index in [1.807, 2.05) is 68.4 Å². The normalized spacial score (nSPS) is 18.5. The molecule has 0 aliphatic carbocycles. The molecule has 13 heteroatoms. The Hall–Kier alpha value is -3.23. The van der Waals surface area contributed by atoms with E-state index in [2.05, 4.69) is 62.1 Å². The SMILES string of the molecule is CC[C@H](C)[C@@H]([C@@H](CC(=O)N1CCC[C@H]1[C@H](OC)[C@@H](C)C(=O)N[C@@H](Cc1ccccc1)c1nccs1)OC)N(C)C(=O)[C@@H](CC(=O)[C@H](C(C)C)N(C)CCCNC(C)C)C(C)C. The highest BCUT2D eigenvalue weighted by Crippen LogP contribution is 2.32. The fraction of sp³-hybridized carbons (Fsp3) is 0.729. The molecule has 1 aromatic carbocycles. The van der Waals surface area contributed by atoms with Crippen molar-refractivity contribution in [2.24, 2.45) is 29.6 Å². The number of thiazole rings is 1. The van der Waals surface area contributed by atoms with E-state index in [-0.39, 0.29) is 72.2 Å². The predicted octanol–water partition coefficient (Wildman–Crippen LogP) is 7.04. The van der Waals surface area contributed by atoms with Crippen molar-refractivity contribution < 1.29 is 28.7 Å². The number of benzene rings is 1. The van der Waals surface area contributed by atoms with Gasteiger partial charge in [0, 0.05) is 57.8 Å². The minimum atomic E-state index is -0.589. The van der Waals surface area contributed by atoms with Gasteiger partial charge < -0.3 is 29.9 Å². The van der Waals surface area contributed by atoms with Crippen LogP contribution in [-0.4, -0.2) is 128 Å². The fourth-order valence-corrected chi connectivity index (χ4v) is 9.95. The first-order chi connectivity index (χ1) is 29.0. The Morgan fingerprint density at radius 1 is 0.951 bits per heavy atom. The molecule has 3 rings (SSSR count). The van der Waals surface area contributed by atoms with E-state index in [0.717, 1.165) is 42.9 Å². The summed E-state index contributed by atoms with van der Waals surface area (Å²) in [6.07, 6.45) is 4.64. The summed E-state index contributed by atoms with van der Waals surface area (Å²) >= 11 is 1.51. The van der Waals surface area contributed by atoms with E-state index in [9.17, 15) is 19.2 Å². The topological polar surface area (TPSA) is 133 Å². The largest absolute Gasteiger partial charge is 0.379 e. The zero-order valence-electron chi connectivity index (χ0n) is 39.7. The van der Waals surface area contributed by atoms with Crippen molar-refractivity contribution in [2.75, 3.05) is 47.9 Å². The lowest BCUT2D eigenvalue weighted by molar-refractivity contribution is -0.149. The highest BCUT2D eigenvalue weighted by molar-refractivity contribution is 7.09. The van der Waals surface area contributed by atoms with Crippen molar-refractivity contribution in [1.29, 1.82) is 0 Å². The van der Waals surface area contributed by atoms with Crippen LogP contribution in [0.5, 0.6) is 0 Å². The van der Waals surface area contributed by atoms with Gasteiger partial charge in [0.25, 0.3) is 0 Å². The number of rotatable bonds is 27. The number of Topliss-reactive ketones (excluding diaryl/α,β-unsaturated/α-hetero) is 1. The van der Waals surface area contributed by atoms with Gasteiger partial charge >= 0.3 is 0 Å². The smallest absolute Gasteiger partial charge is 0.226 e. The number of carbonyl (C=O) groups is 4. The molecular weight excluding hydrogens is 789 g/mol. The number of ether oxygens (including phenoxy) is 2. The van der Waals surface area contributed by atoms with E-state index in [1.165, 1.54) is 11.3 Å². The summed E-state index contributed by atoms with van der Waals surface area (Å²) in [4.78, 5) is 67.4. The molecule has 61 heavy (non-hydrogen) atoms. The molecule has 0 radical (unpaired) electrons. The highest BCUT2D eigenvalue weighted by atomic mass is 32.1. The molecule has 0 bridgehead atoms. The molecule has 344 valence electrons. The van der Waals surface area contributed by atoms with Crippen molar-refractivity contribution in [3.63, 3.8) is 0 Å². The molecule has 9 atom stereocenters. The van der Waals surface area contributed by atoms with E-state index in [4.69, 9.17) is 9.47 Å². The molecule has 1 aromatic heterocycles. The number of amides is 3. The number of hydrogen-bond acceptors (Lipinski definition) is 10. The Bertz CT molecular complexity index is 1610. The molecule has 2 N–H and O–H groups in total. The molecule has 1 saturated heterocycles. The quantitative estimate of drug-likeness (QED) is 0.0908.